The Morgan fingerprint density at radius 3 is 2.25 bits per heavy atom. The number of likely N-dealkylation sites (N-methyl/N-ethyl adjacent to an activating group) is 1. The van der Waals surface area contributed by atoms with E-state index in [-0.39, 0.29) is 12.5 Å². The van der Waals surface area contributed by atoms with E-state index in [0.717, 1.165) is 16.4 Å². The van der Waals surface area contributed by atoms with Gasteiger partial charge in [-0.2, -0.15) is 5.43 Å². The minimum atomic E-state index is -0.721. The third kappa shape index (κ3) is 3.18. The first-order valence-corrected chi connectivity index (χ1v) is 9.08. The summed E-state index contributed by atoms with van der Waals surface area (Å²) in [4.78, 5) is 42.7. The molecule has 0 aliphatic carbocycles. The molecule has 2 aliphatic rings. The lowest BCUT2D eigenvalue weighted by molar-refractivity contribution is -0.163. The van der Waals surface area contributed by atoms with E-state index in [2.05, 4.69) is 5.43 Å². The molecule has 28 heavy (non-hydrogen) atoms. The van der Waals surface area contributed by atoms with Crippen molar-refractivity contribution in [2.24, 2.45) is 0 Å². The van der Waals surface area contributed by atoms with Crippen LogP contribution in [0.1, 0.15) is 0 Å². The van der Waals surface area contributed by atoms with E-state index in [9.17, 15) is 14.4 Å². The smallest absolute Gasteiger partial charge is 0.326 e. The first-order chi connectivity index (χ1) is 13.6. The van der Waals surface area contributed by atoms with Crippen molar-refractivity contribution >= 4 is 29.1 Å². The summed E-state index contributed by atoms with van der Waals surface area (Å²) in [5, 5.41) is 1.12. The van der Waals surface area contributed by atoms with Crippen molar-refractivity contribution in [2.75, 3.05) is 36.5 Å². The minimum Gasteiger partial charge on any atom is -0.336 e. The second kappa shape index (κ2) is 7.32. The van der Waals surface area contributed by atoms with Gasteiger partial charge in [0, 0.05) is 31.5 Å². The van der Waals surface area contributed by atoms with Crippen molar-refractivity contribution in [3.05, 3.63) is 60.7 Å². The van der Waals surface area contributed by atoms with E-state index in [1.54, 1.807) is 7.05 Å². The summed E-state index contributed by atoms with van der Waals surface area (Å²) in [6.07, 6.45) is -0.498. The molecule has 8 heteroatoms. The van der Waals surface area contributed by atoms with Gasteiger partial charge < -0.3 is 9.80 Å². The molecule has 1 unspecified atom stereocenters. The first-order valence-electron chi connectivity index (χ1n) is 9.08. The summed E-state index contributed by atoms with van der Waals surface area (Å²) in [6.45, 7) is 0.818. The number of carbonyl (C=O) groups is 3. The maximum absolute atomic E-state index is 12.7. The second-order valence-electron chi connectivity index (χ2n) is 6.71. The SMILES string of the molecule is CN(C(=O)CN1NC2N(CCN2c2ccccc2)C(=O)C1=O)c1ccccc1. The first kappa shape index (κ1) is 18.0. The molecule has 8 nitrogen and oxygen atoms in total. The third-order valence-electron chi connectivity index (χ3n) is 5.03. The van der Waals surface area contributed by atoms with Gasteiger partial charge in [-0.25, -0.2) is 0 Å². The third-order valence-corrected chi connectivity index (χ3v) is 5.03. The highest BCUT2D eigenvalue weighted by Crippen LogP contribution is 2.25. The van der Waals surface area contributed by atoms with E-state index in [1.165, 1.54) is 9.80 Å². The molecule has 2 fully saturated rings. The van der Waals surface area contributed by atoms with Gasteiger partial charge in [0.25, 0.3) is 0 Å². The number of benzene rings is 2. The van der Waals surface area contributed by atoms with Crippen LogP contribution >= 0.6 is 0 Å². The number of hydrogen-bond donors (Lipinski definition) is 1. The maximum atomic E-state index is 12.7. The van der Waals surface area contributed by atoms with Crippen molar-refractivity contribution in [3.63, 3.8) is 0 Å². The molecule has 1 N–H and O–H groups in total. The molecule has 144 valence electrons. The molecule has 2 aromatic carbocycles. The van der Waals surface area contributed by atoms with Crippen LogP contribution in [0.2, 0.25) is 0 Å². The van der Waals surface area contributed by atoms with Crippen LogP contribution in [-0.2, 0) is 14.4 Å². The number of amides is 3. The summed E-state index contributed by atoms with van der Waals surface area (Å²) in [5.74, 6) is -1.61. The van der Waals surface area contributed by atoms with Gasteiger partial charge in [-0.1, -0.05) is 36.4 Å². The summed E-state index contributed by atoms with van der Waals surface area (Å²) in [7, 11) is 1.64. The van der Waals surface area contributed by atoms with Crippen LogP contribution in [0.5, 0.6) is 0 Å². The van der Waals surface area contributed by atoms with Crippen LogP contribution in [0.25, 0.3) is 0 Å². The van der Waals surface area contributed by atoms with Crippen molar-refractivity contribution in [2.45, 2.75) is 6.29 Å². The summed E-state index contributed by atoms with van der Waals surface area (Å²) in [5.41, 5.74) is 4.71. The molecule has 0 radical (unpaired) electrons. The number of carbonyl (C=O) groups excluding carboxylic acids is 3. The Kier molecular flexibility index (Phi) is 4.70. The molecule has 3 amide bonds. The number of fused-ring (bicyclic) bond motifs is 1. The predicted molar refractivity (Wildman–Crippen MR) is 104 cm³/mol. The van der Waals surface area contributed by atoms with Gasteiger partial charge in [0.05, 0.1) is 0 Å². The highest BCUT2D eigenvalue weighted by Gasteiger charge is 2.45. The van der Waals surface area contributed by atoms with Gasteiger partial charge in [0.2, 0.25) is 5.91 Å². The zero-order valence-electron chi connectivity index (χ0n) is 15.5. The normalized spacial score (nSPS) is 19.0. The highest BCUT2D eigenvalue weighted by atomic mass is 16.2. The van der Waals surface area contributed by atoms with Crippen molar-refractivity contribution in [3.8, 4) is 0 Å². The van der Waals surface area contributed by atoms with Gasteiger partial charge in [0.15, 0.2) is 6.29 Å². The molecule has 2 aliphatic heterocycles. The topological polar surface area (TPSA) is 76.2 Å². The summed E-state index contributed by atoms with van der Waals surface area (Å²) in [6, 6.07) is 18.8. The average Bonchev–Trinajstić information content (AvgIpc) is 3.16. The molecule has 2 saturated heterocycles. The fourth-order valence-electron chi connectivity index (χ4n) is 3.46. The van der Waals surface area contributed by atoms with E-state index < -0.39 is 18.1 Å². The van der Waals surface area contributed by atoms with Crippen molar-refractivity contribution < 1.29 is 14.4 Å². The molecule has 4 rings (SSSR count). The molecular formula is C20H21N5O3. The van der Waals surface area contributed by atoms with Crippen molar-refractivity contribution in [1.29, 1.82) is 0 Å². The molecule has 0 saturated carbocycles. The van der Waals surface area contributed by atoms with Crippen LogP contribution in [0.15, 0.2) is 60.7 Å². The quantitative estimate of drug-likeness (QED) is 0.789. The van der Waals surface area contributed by atoms with Crippen molar-refractivity contribution in [1.82, 2.24) is 15.3 Å². The Hall–Kier alpha value is -3.39. The summed E-state index contributed by atoms with van der Waals surface area (Å²) >= 11 is 0. The molecule has 0 aromatic heterocycles. The molecule has 0 bridgehead atoms. The number of rotatable bonds is 4. The van der Waals surface area contributed by atoms with Gasteiger partial charge in [-0.3, -0.25) is 24.3 Å². The molecule has 2 aromatic rings. The molecule has 0 spiro atoms. The zero-order valence-corrected chi connectivity index (χ0v) is 15.5. The minimum absolute atomic E-state index is 0.233. The fraction of sp³-hybridized carbons (Fsp3) is 0.250. The van der Waals surface area contributed by atoms with E-state index >= 15 is 0 Å². The molecule has 1 atom stereocenters. The van der Waals surface area contributed by atoms with Crippen LogP contribution in [0.3, 0.4) is 0 Å². The number of hydrogen-bond acceptors (Lipinski definition) is 5. The van der Waals surface area contributed by atoms with Crippen LogP contribution < -0.4 is 15.2 Å². The number of hydrazine groups is 1. The van der Waals surface area contributed by atoms with Crippen LogP contribution in [0.4, 0.5) is 11.4 Å². The fourth-order valence-corrected chi connectivity index (χ4v) is 3.46. The number of nitrogens with one attached hydrogen (secondary N) is 1. The lowest BCUT2D eigenvalue weighted by atomic mass is 10.3. The Morgan fingerprint density at radius 2 is 1.57 bits per heavy atom. The Labute approximate surface area is 162 Å². The standard InChI is InChI=1S/C20H21N5O3/c1-22(15-8-4-2-5-9-15)17(26)14-25-19(28)18(27)24-13-12-23(20(24)21-25)16-10-6-3-7-11-16/h2-11,20-21H,12-14H2,1H3. The Bertz CT molecular complexity index is 889. The van der Waals surface area contributed by atoms with Crippen LogP contribution in [0, 0.1) is 0 Å². The summed E-state index contributed by atoms with van der Waals surface area (Å²) < 4.78 is 0. The maximum Gasteiger partial charge on any atom is 0.326 e. The number of para-hydroxylation sites is 2. The second-order valence-corrected chi connectivity index (χ2v) is 6.71. The number of nitrogens with zero attached hydrogens (tertiary/aromatic N) is 4. The van der Waals surface area contributed by atoms with E-state index in [1.807, 2.05) is 65.6 Å². The molecule has 2 heterocycles. The van der Waals surface area contributed by atoms with Crippen LogP contribution in [-0.4, -0.2) is 60.6 Å². The monoisotopic (exact) mass is 379 g/mol. The zero-order chi connectivity index (χ0) is 19.7. The highest BCUT2D eigenvalue weighted by molar-refractivity contribution is 6.35. The van der Waals surface area contributed by atoms with Gasteiger partial charge in [-0.05, 0) is 24.3 Å². The molecular weight excluding hydrogens is 358 g/mol. The lowest BCUT2D eigenvalue weighted by Crippen LogP contribution is -2.68. The Morgan fingerprint density at radius 1 is 0.964 bits per heavy atom. The largest absolute Gasteiger partial charge is 0.336 e. The van der Waals surface area contributed by atoms with E-state index in [0.29, 0.717) is 13.1 Å². The van der Waals surface area contributed by atoms with Gasteiger partial charge in [-0.15, -0.1) is 0 Å². The van der Waals surface area contributed by atoms with Gasteiger partial charge >= 0.3 is 11.8 Å². The van der Waals surface area contributed by atoms with Gasteiger partial charge in [0.1, 0.15) is 6.54 Å². The average molecular weight is 379 g/mol. The number of anilines is 2. The predicted octanol–water partition coefficient (Wildman–Crippen LogP) is 0.629. The lowest BCUT2D eigenvalue weighted by Gasteiger charge is -2.40. The Balaban J connectivity index is 1.51. The van der Waals surface area contributed by atoms with E-state index in [4.69, 9.17) is 0 Å².